The van der Waals surface area contributed by atoms with Gasteiger partial charge >= 0.3 is 11.7 Å². The topological polar surface area (TPSA) is 76.8 Å². The van der Waals surface area contributed by atoms with Crippen LogP contribution in [0.2, 0.25) is 0 Å². The summed E-state index contributed by atoms with van der Waals surface area (Å²) in [5.41, 5.74) is -0.735. The number of rotatable bonds is 6. The van der Waals surface area contributed by atoms with E-state index in [9.17, 15) is 14.0 Å². The number of hydrogen-bond acceptors (Lipinski definition) is 5. The van der Waals surface area contributed by atoms with Gasteiger partial charge in [0.15, 0.2) is 18.4 Å². The number of aromatic nitrogens is 2. The van der Waals surface area contributed by atoms with E-state index in [-0.39, 0.29) is 19.0 Å². The summed E-state index contributed by atoms with van der Waals surface area (Å²) in [6, 6.07) is 0. The summed E-state index contributed by atoms with van der Waals surface area (Å²) in [5, 5.41) is 0. The Morgan fingerprint density at radius 2 is 2.30 bits per heavy atom. The van der Waals surface area contributed by atoms with Crippen molar-refractivity contribution < 1.29 is 13.9 Å². The molecule has 1 heterocycles. The van der Waals surface area contributed by atoms with Crippen LogP contribution in [0.1, 0.15) is 19.8 Å². The summed E-state index contributed by atoms with van der Waals surface area (Å²) >= 11 is 0. The monoisotopic (exact) mass is 284 g/mol. The van der Waals surface area contributed by atoms with Crippen LogP contribution in [0.25, 0.3) is 0 Å². The van der Waals surface area contributed by atoms with Gasteiger partial charge in [-0.2, -0.15) is 4.98 Å². The van der Waals surface area contributed by atoms with Crippen molar-refractivity contribution in [2.45, 2.75) is 26.5 Å². The number of nitrogens with zero attached hydrogens (tertiary/aromatic N) is 4. The van der Waals surface area contributed by atoms with Gasteiger partial charge in [-0.3, -0.25) is 9.36 Å². The summed E-state index contributed by atoms with van der Waals surface area (Å²) in [6.07, 6.45) is 3.13. The zero-order valence-electron chi connectivity index (χ0n) is 11.7. The predicted octanol–water partition coefficient (Wildman–Crippen LogP) is 0.905. The highest BCUT2D eigenvalue weighted by atomic mass is 19.1. The van der Waals surface area contributed by atoms with Gasteiger partial charge in [-0.15, -0.1) is 0 Å². The fraction of sp³-hybridized carbons (Fsp3) is 0.500. The molecule has 20 heavy (non-hydrogen) atoms. The maximum atomic E-state index is 13.7. The van der Waals surface area contributed by atoms with Gasteiger partial charge < -0.3 is 9.64 Å². The zero-order chi connectivity index (χ0) is 15.1. The highest BCUT2D eigenvalue weighted by molar-refractivity contribution is 5.69. The summed E-state index contributed by atoms with van der Waals surface area (Å²) in [5.74, 6) is -1.52. The minimum Gasteiger partial charge on any atom is -0.444 e. The van der Waals surface area contributed by atoms with Crippen LogP contribution in [-0.4, -0.2) is 40.9 Å². The Hall–Kier alpha value is -2.25. The van der Waals surface area contributed by atoms with Crippen LogP contribution in [0.15, 0.2) is 16.0 Å². The Kier molecular flexibility index (Phi) is 5.82. The molecule has 0 aliphatic heterocycles. The van der Waals surface area contributed by atoms with E-state index in [1.54, 1.807) is 19.0 Å². The Labute approximate surface area is 115 Å². The first kappa shape index (κ1) is 15.8. The van der Waals surface area contributed by atoms with Crippen molar-refractivity contribution in [1.29, 1.82) is 0 Å². The first-order chi connectivity index (χ1) is 9.43. The molecule has 0 bridgehead atoms. The van der Waals surface area contributed by atoms with Gasteiger partial charge in [0.2, 0.25) is 0 Å². The second kappa shape index (κ2) is 7.37. The van der Waals surface area contributed by atoms with Crippen LogP contribution >= 0.6 is 0 Å². The molecule has 0 unspecified atom stereocenters. The molecule has 0 N–H and O–H groups in total. The van der Waals surface area contributed by atoms with E-state index in [0.29, 0.717) is 6.42 Å². The molecule has 0 fully saturated rings. The first-order valence-corrected chi connectivity index (χ1v) is 6.07. The highest BCUT2D eigenvalue weighted by Gasteiger charge is 2.09. The molecule has 0 radical (unpaired) electrons. The summed E-state index contributed by atoms with van der Waals surface area (Å²) in [4.78, 5) is 31.6. The van der Waals surface area contributed by atoms with Gasteiger partial charge in [-0.25, -0.2) is 14.2 Å². The summed E-state index contributed by atoms with van der Waals surface area (Å²) < 4.78 is 19.3. The van der Waals surface area contributed by atoms with Gasteiger partial charge in [0.1, 0.15) is 0 Å². The van der Waals surface area contributed by atoms with E-state index in [4.69, 9.17) is 4.74 Å². The van der Waals surface area contributed by atoms with Gasteiger partial charge in [0.25, 0.3) is 0 Å². The number of halogens is 1. The SMILES string of the molecule is CCCC(=O)OCn1cc(F)c(/N=C/N(C)C)nc1=O. The molecule has 1 aromatic heterocycles. The molecule has 0 amide bonds. The fourth-order valence-electron chi connectivity index (χ4n) is 1.23. The number of aliphatic imine (C=N–C) groups is 1. The standard InChI is InChI=1S/C12H17FN4O3/c1-4-5-10(18)20-8-17-6-9(13)11(15-12(17)19)14-7-16(2)3/h6-7H,4-5,8H2,1-3H3/b14-7+. The van der Waals surface area contributed by atoms with Crippen molar-refractivity contribution in [3.63, 3.8) is 0 Å². The van der Waals surface area contributed by atoms with Crippen LogP contribution in [0.5, 0.6) is 0 Å². The number of esters is 1. The smallest absolute Gasteiger partial charge is 0.352 e. The summed E-state index contributed by atoms with van der Waals surface area (Å²) in [6.45, 7) is 1.46. The van der Waals surface area contributed by atoms with E-state index in [1.807, 2.05) is 6.92 Å². The quantitative estimate of drug-likeness (QED) is 0.441. The zero-order valence-corrected chi connectivity index (χ0v) is 11.7. The van der Waals surface area contributed by atoms with Crippen molar-refractivity contribution in [3.05, 3.63) is 22.5 Å². The molecular formula is C12H17FN4O3. The maximum absolute atomic E-state index is 13.7. The molecule has 8 heteroatoms. The molecule has 0 saturated heterocycles. The third kappa shape index (κ3) is 4.79. The van der Waals surface area contributed by atoms with Crippen LogP contribution < -0.4 is 5.69 Å². The van der Waals surface area contributed by atoms with E-state index in [1.165, 1.54) is 6.34 Å². The lowest BCUT2D eigenvalue weighted by molar-refractivity contribution is -0.147. The largest absolute Gasteiger partial charge is 0.444 e. The molecule has 1 aromatic rings. The molecule has 0 atom stereocenters. The third-order valence-electron chi connectivity index (χ3n) is 2.16. The van der Waals surface area contributed by atoms with Gasteiger partial charge in [-0.1, -0.05) is 6.92 Å². The Morgan fingerprint density at radius 3 is 2.90 bits per heavy atom. The first-order valence-electron chi connectivity index (χ1n) is 6.07. The van der Waals surface area contributed by atoms with Gasteiger partial charge in [0.05, 0.1) is 12.5 Å². The molecule has 110 valence electrons. The average molecular weight is 284 g/mol. The van der Waals surface area contributed by atoms with Gasteiger partial charge in [-0.05, 0) is 6.42 Å². The van der Waals surface area contributed by atoms with Crippen LogP contribution in [0.3, 0.4) is 0 Å². The van der Waals surface area contributed by atoms with Crippen LogP contribution in [-0.2, 0) is 16.3 Å². The van der Waals surface area contributed by atoms with Crippen LogP contribution in [0.4, 0.5) is 10.2 Å². The maximum Gasteiger partial charge on any atom is 0.352 e. The Morgan fingerprint density at radius 1 is 1.60 bits per heavy atom. The molecule has 7 nitrogen and oxygen atoms in total. The fourth-order valence-corrected chi connectivity index (χ4v) is 1.23. The summed E-state index contributed by atoms with van der Waals surface area (Å²) in [7, 11) is 3.41. The number of ether oxygens (including phenoxy) is 1. The second-order valence-electron chi connectivity index (χ2n) is 4.27. The normalized spacial score (nSPS) is 10.8. The lowest BCUT2D eigenvalue weighted by Gasteiger charge is -2.07. The molecule has 0 aromatic carbocycles. The second-order valence-corrected chi connectivity index (χ2v) is 4.27. The minimum absolute atomic E-state index is 0.246. The Balaban J connectivity index is 2.83. The molecule has 0 saturated carbocycles. The molecular weight excluding hydrogens is 267 g/mol. The molecule has 0 aliphatic carbocycles. The van der Waals surface area contributed by atoms with Crippen molar-refractivity contribution >= 4 is 18.1 Å². The number of hydrogen-bond donors (Lipinski definition) is 0. The van der Waals surface area contributed by atoms with E-state index >= 15 is 0 Å². The highest BCUT2D eigenvalue weighted by Crippen LogP contribution is 2.10. The van der Waals surface area contributed by atoms with Crippen molar-refractivity contribution in [2.24, 2.45) is 4.99 Å². The molecule has 0 aliphatic rings. The van der Waals surface area contributed by atoms with E-state index < -0.39 is 17.5 Å². The van der Waals surface area contributed by atoms with Crippen molar-refractivity contribution in [2.75, 3.05) is 14.1 Å². The lowest BCUT2D eigenvalue weighted by atomic mass is 10.3. The van der Waals surface area contributed by atoms with E-state index in [2.05, 4.69) is 9.98 Å². The molecule has 0 spiro atoms. The van der Waals surface area contributed by atoms with Crippen molar-refractivity contribution in [3.8, 4) is 0 Å². The van der Waals surface area contributed by atoms with Crippen molar-refractivity contribution in [1.82, 2.24) is 14.5 Å². The minimum atomic E-state index is -0.769. The van der Waals surface area contributed by atoms with Crippen LogP contribution in [0, 0.1) is 5.82 Å². The van der Waals surface area contributed by atoms with Gasteiger partial charge in [0, 0.05) is 20.5 Å². The van der Waals surface area contributed by atoms with E-state index in [0.717, 1.165) is 10.8 Å². The average Bonchev–Trinajstić information content (AvgIpc) is 2.38. The molecule has 1 rings (SSSR count). The third-order valence-corrected chi connectivity index (χ3v) is 2.16. The Bertz CT molecular complexity index is 554. The predicted molar refractivity (Wildman–Crippen MR) is 71.3 cm³/mol. The number of carbonyl (C=O) groups is 1. The lowest BCUT2D eigenvalue weighted by Crippen LogP contribution is -2.25. The number of carbonyl (C=O) groups excluding carboxylic acids is 1.